The lowest BCUT2D eigenvalue weighted by Gasteiger charge is -2.11. The molecule has 1 aromatic carbocycles. The highest BCUT2D eigenvalue weighted by molar-refractivity contribution is 9.10. The Hall–Kier alpha value is -1.66. The molecular formula is C13H9BrClFN2O2. The predicted molar refractivity (Wildman–Crippen MR) is 78.3 cm³/mol. The maximum absolute atomic E-state index is 13.1. The number of carboxylic acid groups (broad SMARTS) is 1. The van der Waals surface area contributed by atoms with Crippen molar-refractivity contribution in [2.24, 2.45) is 0 Å². The van der Waals surface area contributed by atoms with Gasteiger partial charge in [-0.2, -0.15) is 0 Å². The number of pyridine rings is 1. The summed E-state index contributed by atoms with van der Waals surface area (Å²) in [5.74, 6) is -1.94. The zero-order chi connectivity index (χ0) is 14.9. The predicted octanol–water partition coefficient (Wildman–Crippen LogP) is 4.39. The van der Waals surface area contributed by atoms with Crippen LogP contribution in [0.25, 0.3) is 0 Å². The summed E-state index contributed by atoms with van der Waals surface area (Å²) >= 11 is 9.37. The van der Waals surface area contributed by atoms with Gasteiger partial charge in [-0.1, -0.05) is 11.6 Å². The Morgan fingerprint density at radius 3 is 2.80 bits per heavy atom. The van der Waals surface area contributed by atoms with Gasteiger partial charge < -0.3 is 10.4 Å². The van der Waals surface area contributed by atoms with E-state index in [1.54, 1.807) is 12.1 Å². The van der Waals surface area contributed by atoms with Crippen molar-refractivity contribution >= 4 is 45.0 Å². The van der Waals surface area contributed by atoms with Crippen molar-refractivity contribution in [1.82, 2.24) is 4.98 Å². The summed E-state index contributed by atoms with van der Waals surface area (Å²) in [7, 11) is 0. The highest BCUT2D eigenvalue weighted by atomic mass is 79.9. The molecule has 4 nitrogen and oxygen atoms in total. The van der Waals surface area contributed by atoms with Crippen LogP contribution in [0.1, 0.15) is 15.9 Å². The second-order valence-corrected chi connectivity index (χ2v) is 5.32. The van der Waals surface area contributed by atoms with Gasteiger partial charge in [0.05, 0.1) is 11.9 Å². The van der Waals surface area contributed by atoms with Crippen LogP contribution in [0.4, 0.5) is 15.9 Å². The molecule has 2 rings (SSSR count). The van der Waals surface area contributed by atoms with Crippen molar-refractivity contribution in [3.05, 3.63) is 50.8 Å². The van der Waals surface area contributed by atoms with Gasteiger partial charge in [0.15, 0.2) is 0 Å². The van der Waals surface area contributed by atoms with E-state index in [-0.39, 0.29) is 11.4 Å². The number of anilines is 2. The highest BCUT2D eigenvalue weighted by Crippen LogP contribution is 2.31. The molecule has 0 saturated heterocycles. The number of aryl methyl sites for hydroxylation is 1. The van der Waals surface area contributed by atoms with Gasteiger partial charge in [-0.05, 0) is 46.6 Å². The van der Waals surface area contributed by atoms with Crippen LogP contribution < -0.4 is 5.32 Å². The molecule has 2 aromatic rings. The minimum absolute atomic E-state index is 0.0412. The normalized spacial score (nSPS) is 10.4. The maximum atomic E-state index is 13.1. The first-order chi connectivity index (χ1) is 9.38. The molecule has 0 unspecified atom stereocenters. The molecular weight excluding hydrogens is 351 g/mol. The maximum Gasteiger partial charge on any atom is 0.339 e. The monoisotopic (exact) mass is 358 g/mol. The first-order valence-corrected chi connectivity index (χ1v) is 6.67. The lowest BCUT2D eigenvalue weighted by atomic mass is 10.2. The number of hydrogen-bond donors (Lipinski definition) is 2. The summed E-state index contributed by atoms with van der Waals surface area (Å²) < 4.78 is 13.8. The summed E-state index contributed by atoms with van der Waals surface area (Å²) in [6, 6.07) is 4.33. The number of carbonyl (C=O) groups is 1. The smallest absolute Gasteiger partial charge is 0.339 e. The molecule has 0 radical (unpaired) electrons. The summed E-state index contributed by atoms with van der Waals surface area (Å²) in [5, 5.41) is 12.4. The molecule has 0 aliphatic carbocycles. The number of hydrogen-bond acceptors (Lipinski definition) is 3. The molecule has 0 atom stereocenters. The molecule has 1 aromatic heterocycles. The van der Waals surface area contributed by atoms with Crippen LogP contribution in [0.5, 0.6) is 0 Å². The minimum atomic E-state index is -1.27. The van der Waals surface area contributed by atoms with Crippen LogP contribution >= 0.6 is 27.5 Å². The first kappa shape index (κ1) is 14.7. The zero-order valence-electron chi connectivity index (χ0n) is 10.2. The van der Waals surface area contributed by atoms with E-state index in [1.165, 1.54) is 0 Å². The molecule has 0 spiro atoms. The number of aromatic nitrogens is 1. The molecule has 20 heavy (non-hydrogen) atoms. The second-order valence-electron chi connectivity index (χ2n) is 4.06. The molecule has 1 heterocycles. The number of carboxylic acids is 1. The number of rotatable bonds is 3. The summed E-state index contributed by atoms with van der Waals surface area (Å²) in [4.78, 5) is 14.8. The average molecular weight is 360 g/mol. The van der Waals surface area contributed by atoms with Crippen molar-refractivity contribution < 1.29 is 14.3 Å². The number of halogens is 3. The van der Waals surface area contributed by atoms with E-state index in [4.69, 9.17) is 16.7 Å². The molecule has 0 aliphatic rings. The number of nitrogens with one attached hydrogen (secondary N) is 1. The molecule has 7 heteroatoms. The summed E-state index contributed by atoms with van der Waals surface area (Å²) in [5.41, 5.74) is 1.16. The van der Waals surface area contributed by atoms with E-state index in [1.807, 2.05) is 6.92 Å². The summed E-state index contributed by atoms with van der Waals surface area (Å²) in [6.45, 7) is 1.84. The number of nitrogens with zero attached hydrogens (tertiary/aromatic N) is 1. The van der Waals surface area contributed by atoms with Gasteiger partial charge >= 0.3 is 5.97 Å². The fraction of sp³-hybridized carbons (Fsp3) is 0.0769. The van der Waals surface area contributed by atoms with Crippen molar-refractivity contribution in [2.45, 2.75) is 6.92 Å². The molecule has 104 valence electrons. The van der Waals surface area contributed by atoms with Gasteiger partial charge in [0.25, 0.3) is 0 Å². The lowest BCUT2D eigenvalue weighted by Crippen LogP contribution is -2.06. The van der Waals surface area contributed by atoms with E-state index in [9.17, 15) is 9.18 Å². The average Bonchev–Trinajstić information content (AvgIpc) is 2.37. The first-order valence-electron chi connectivity index (χ1n) is 5.50. The van der Waals surface area contributed by atoms with Crippen molar-refractivity contribution in [3.63, 3.8) is 0 Å². The third-order valence-electron chi connectivity index (χ3n) is 2.59. The van der Waals surface area contributed by atoms with Gasteiger partial charge in [-0.3, -0.25) is 0 Å². The fourth-order valence-electron chi connectivity index (χ4n) is 1.57. The SMILES string of the molecule is Cc1cc(Br)c(Nc2ncc(F)cc2C(=O)O)cc1Cl. The van der Waals surface area contributed by atoms with Gasteiger partial charge in [0.2, 0.25) is 0 Å². The second kappa shape index (κ2) is 5.76. The topological polar surface area (TPSA) is 62.2 Å². The quantitative estimate of drug-likeness (QED) is 0.853. The van der Waals surface area contributed by atoms with Crippen LogP contribution in [-0.4, -0.2) is 16.1 Å². The third-order valence-corrected chi connectivity index (χ3v) is 3.65. The Morgan fingerprint density at radius 1 is 1.45 bits per heavy atom. The van der Waals surface area contributed by atoms with Crippen LogP contribution in [0, 0.1) is 12.7 Å². The Bertz CT molecular complexity index is 694. The van der Waals surface area contributed by atoms with Crippen LogP contribution in [-0.2, 0) is 0 Å². The van der Waals surface area contributed by atoms with E-state index >= 15 is 0 Å². The van der Waals surface area contributed by atoms with Crippen LogP contribution in [0.15, 0.2) is 28.9 Å². The fourth-order valence-corrected chi connectivity index (χ4v) is 2.29. The van der Waals surface area contributed by atoms with Crippen LogP contribution in [0.3, 0.4) is 0 Å². The molecule has 0 aliphatic heterocycles. The summed E-state index contributed by atoms with van der Waals surface area (Å²) in [6.07, 6.45) is 0.943. The standard InChI is InChI=1S/C13H9BrClFN2O2/c1-6-2-9(14)11(4-10(6)15)18-12-8(13(19)20)3-7(16)5-17-12/h2-5H,1H3,(H,17,18)(H,19,20). The highest BCUT2D eigenvalue weighted by Gasteiger charge is 2.14. The zero-order valence-corrected chi connectivity index (χ0v) is 12.6. The van der Waals surface area contributed by atoms with Crippen molar-refractivity contribution in [3.8, 4) is 0 Å². The Morgan fingerprint density at radius 2 is 2.15 bits per heavy atom. The molecule has 0 amide bonds. The van der Waals surface area contributed by atoms with Gasteiger partial charge in [0, 0.05) is 9.50 Å². The van der Waals surface area contributed by atoms with E-state index in [0.717, 1.165) is 17.8 Å². The molecule has 0 bridgehead atoms. The molecule has 2 N–H and O–H groups in total. The van der Waals surface area contributed by atoms with Crippen molar-refractivity contribution in [2.75, 3.05) is 5.32 Å². The van der Waals surface area contributed by atoms with E-state index < -0.39 is 11.8 Å². The molecule has 0 saturated carbocycles. The van der Waals surface area contributed by atoms with Crippen molar-refractivity contribution in [1.29, 1.82) is 0 Å². The van der Waals surface area contributed by atoms with Gasteiger partial charge in [-0.15, -0.1) is 0 Å². The van der Waals surface area contributed by atoms with E-state index in [2.05, 4.69) is 26.2 Å². The minimum Gasteiger partial charge on any atom is -0.478 e. The third kappa shape index (κ3) is 3.08. The lowest BCUT2D eigenvalue weighted by molar-refractivity contribution is 0.0697. The van der Waals surface area contributed by atoms with E-state index in [0.29, 0.717) is 15.2 Å². The number of benzene rings is 1. The molecule has 0 fully saturated rings. The largest absolute Gasteiger partial charge is 0.478 e. The van der Waals surface area contributed by atoms with Gasteiger partial charge in [0.1, 0.15) is 17.2 Å². The number of aromatic carboxylic acids is 1. The Labute approximate surface area is 127 Å². The van der Waals surface area contributed by atoms with Gasteiger partial charge in [-0.25, -0.2) is 14.2 Å². The van der Waals surface area contributed by atoms with Crippen LogP contribution in [0.2, 0.25) is 5.02 Å². The Kier molecular flexibility index (Phi) is 4.25. The Balaban J connectivity index is 2.45.